The fourth-order valence-corrected chi connectivity index (χ4v) is 2.77. The molecule has 0 aliphatic heterocycles. The van der Waals surface area contributed by atoms with E-state index in [-0.39, 0.29) is 29.5 Å². The average molecular weight is 439 g/mol. The van der Waals surface area contributed by atoms with Crippen molar-refractivity contribution < 1.29 is 0 Å². The van der Waals surface area contributed by atoms with Crippen LogP contribution in [0.1, 0.15) is 25.8 Å². The summed E-state index contributed by atoms with van der Waals surface area (Å²) in [6.45, 7) is 6.94. The molecule has 0 radical (unpaired) electrons. The largest absolute Gasteiger partial charge is 0.352 e. The van der Waals surface area contributed by atoms with Crippen LogP contribution in [0.25, 0.3) is 10.2 Å². The molecule has 21 heavy (non-hydrogen) atoms. The molecule has 0 saturated carbocycles. The summed E-state index contributed by atoms with van der Waals surface area (Å²) >= 11 is 7.63. The highest BCUT2D eigenvalue weighted by Gasteiger charge is 2.12. The molecule has 1 aromatic carbocycles. The zero-order valence-corrected chi connectivity index (χ0v) is 16.4. The third-order valence-corrected chi connectivity index (χ3v) is 3.79. The van der Waals surface area contributed by atoms with Gasteiger partial charge in [0, 0.05) is 17.6 Å². The minimum Gasteiger partial charge on any atom is -0.352 e. The molecule has 2 rings (SSSR count). The summed E-state index contributed by atoms with van der Waals surface area (Å²) in [5.41, 5.74) is 0.918. The molecule has 0 atom stereocenters. The van der Waals surface area contributed by atoms with Gasteiger partial charge in [-0.15, -0.1) is 35.3 Å². The van der Waals surface area contributed by atoms with E-state index in [0.29, 0.717) is 11.6 Å². The van der Waals surface area contributed by atoms with E-state index in [1.54, 1.807) is 18.4 Å². The maximum absolute atomic E-state index is 5.97. The van der Waals surface area contributed by atoms with Crippen molar-refractivity contribution in [2.75, 3.05) is 7.05 Å². The van der Waals surface area contributed by atoms with E-state index < -0.39 is 0 Å². The summed E-state index contributed by atoms with van der Waals surface area (Å²) < 4.78 is 1.14. The molecule has 4 nitrogen and oxygen atoms in total. The number of halogens is 2. The van der Waals surface area contributed by atoms with E-state index in [0.717, 1.165) is 21.2 Å². The number of rotatable bonds is 2. The van der Waals surface area contributed by atoms with E-state index in [1.807, 2.05) is 18.2 Å². The Kier molecular flexibility index (Phi) is 6.68. The van der Waals surface area contributed by atoms with Crippen LogP contribution >= 0.6 is 46.9 Å². The molecule has 0 spiro atoms. The molecule has 0 fully saturated rings. The summed E-state index contributed by atoms with van der Waals surface area (Å²) in [7, 11) is 1.76. The number of fused-ring (bicyclic) bond motifs is 1. The molecule has 0 unspecified atom stereocenters. The normalized spacial score (nSPS) is 12.1. The Morgan fingerprint density at radius 2 is 2.10 bits per heavy atom. The third-order valence-electron chi connectivity index (χ3n) is 2.52. The standard InChI is InChI=1S/C14H19ClN4S.HI/c1-14(2,3)19-13(16-4)17-8-12-18-10-7-9(15)5-6-11(10)20-12;/h5-7H,8H2,1-4H3,(H2,16,17,19);1H. The summed E-state index contributed by atoms with van der Waals surface area (Å²) in [6, 6.07) is 5.78. The van der Waals surface area contributed by atoms with Crippen molar-refractivity contribution in [2.45, 2.75) is 32.9 Å². The van der Waals surface area contributed by atoms with Gasteiger partial charge in [0.05, 0.1) is 16.8 Å². The zero-order chi connectivity index (χ0) is 14.8. The van der Waals surface area contributed by atoms with Crippen LogP contribution in [-0.4, -0.2) is 23.5 Å². The van der Waals surface area contributed by atoms with Gasteiger partial charge in [-0.05, 0) is 39.0 Å². The summed E-state index contributed by atoms with van der Waals surface area (Å²) in [5.74, 6) is 0.773. The van der Waals surface area contributed by atoms with Crippen molar-refractivity contribution in [1.29, 1.82) is 0 Å². The number of benzene rings is 1. The van der Waals surface area contributed by atoms with Crippen LogP contribution < -0.4 is 10.6 Å². The lowest BCUT2D eigenvalue weighted by atomic mass is 10.1. The van der Waals surface area contributed by atoms with Crippen molar-refractivity contribution in [1.82, 2.24) is 15.6 Å². The Hall–Kier alpha value is -0.600. The second kappa shape index (κ2) is 7.60. The molecule has 0 bridgehead atoms. The predicted octanol–water partition coefficient (Wildman–Crippen LogP) is 4.03. The fraction of sp³-hybridized carbons (Fsp3) is 0.429. The molecule has 0 aliphatic rings. The Bertz CT molecular complexity index is 633. The quantitative estimate of drug-likeness (QED) is 0.423. The average Bonchev–Trinajstić information content (AvgIpc) is 2.75. The first-order chi connectivity index (χ1) is 9.37. The maximum Gasteiger partial charge on any atom is 0.191 e. The Morgan fingerprint density at radius 3 is 2.71 bits per heavy atom. The van der Waals surface area contributed by atoms with Gasteiger partial charge in [0.2, 0.25) is 0 Å². The molecule has 116 valence electrons. The number of aromatic nitrogens is 1. The molecule has 2 N–H and O–H groups in total. The van der Waals surface area contributed by atoms with E-state index in [4.69, 9.17) is 11.6 Å². The number of thiazole rings is 1. The second-order valence-electron chi connectivity index (χ2n) is 5.52. The van der Waals surface area contributed by atoms with Crippen LogP contribution in [0, 0.1) is 0 Å². The molecule has 7 heteroatoms. The smallest absolute Gasteiger partial charge is 0.191 e. The van der Waals surface area contributed by atoms with E-state index in [1.165, 1.54) is 0 Å². The van der Waals surface area contributed by atoms with Gasteiger partial charge in [0.1, 0.15) is 5.01 Å². The Balaban J connectivity index is 0.00000220. The molecule has 0 saturated heterocycles. The van der Waals surface area contributed by atoms with E-state index in [2.05, 4.69) is 41.4 Å². The van der Waals surface area contributed by atoms with Crippen LogP contribution in [0.2, 0.25) is 5.02 Å². The van der Waals surface area contributed by atoms with Gasteiger partial charge in [0.15, 0.2) is 5.96 Å². The van der Waals surface area contributed by atoms with Gasteiger partial charge in [-0.25, -0.2) is 4.98 Å². The van der Waals surface area contributed by atoms with Crippen molar-refractivity contribution in [3.05, 3.63) is 28.2 Å². The highest BCUT2D eigenvalue weighted by Crippen LogP contribution is 2.24. The van der Waals surface area contributed by atoms with Crippen LogP contribution in [-0.2, 0) is 6.54 Å². The molecular weight excluding hydrogens is 419 g/mol. The van der Waals surface area contributed by atoms with Gasteiger partial charge in [-0.2, -0.15) is 0 Å². The number of aliphatic imine (C=N–C) groups is 1. The minimum atomic E-state index is -0.0248. The van der Waals surface area contributed by atoms with E-state index >= 15 is 0 Å². The maximum atomic E-state index is 5.97. The van der Waals surface area contributed by atoms with Crippen LogP contribution in [0.4, 0.5) is 0 Å². The number of hydrogen-bond acceptors (Lipinski definition) is 3. The van der Waals surface area contributed by atoms with Crippen molar-refractivity contribution in [3.8, 4) is 0 Å². The van der Waals surface area contributed by atoms with Gasteiger partial charge >= 0.3 is 0 Å². The number of hydrogen-bond donors (Lipinski definition) is 2. The first kappa shape index (κ1) is 18.4. The number of nitrogens with one attached hydrogen (secondary N) is 2. The topological polar surface area (TPSA) is 49.3 Å². The summed E-state index contributed by atoms with van der Waals surface area (Å²) in [5, 5.41) is 8.31. The summed E-state index contributed by atoms with van der Waals surface area (Å²) in [4.78, 5) is 8.77. The van der Waals surface area contributed by atoms with Gasteiger partial charge in [-0.3, -0.25) is 4.99 Å². The third kappa shape index (κ3) is 5.60. The molecular formula is C14H20ClIN4S. The monoisotopic (exact) mass is 438 g/mol. The SMILES string of the molecule is CN=C(NCc1nc2cc(Cl)ccc2s1)NC(C)(C)C.I. The minimum absolute atomic E-state index is 0. The fourth-order valence-electron chi connectivity index (χ4n) is 1.72. The lowest BCUT2D eigenvalue weighted by Crippen LogP contribution is -2.47. The Morgan fingerprint density at radius 1 is 1.38 bits per heavy atom. The van der Waals surface area contributed by atoms with Gasteiger partial charge in [0.25, 0.3) is 0 Å². The molecule has 2 aromatic rings. The lowest BCUT2D eigenvalue weighted by molar-refractivity contribution is 0.501. The van der Waals surface area contributed by atoms with Gasteiger partial charge in [-0.1, -0.05) is 11.6 Å². The van der Waals surface area contributed by atoms with Crippen molar-refractivity contribution >= 4 is 63.1 Å². The predicted molar refractivity (Wildman–Crippen MR) is 103 cm³/mol. The van der Waals surface area contributed by atoms with Crippen molar-refractivity contribution in [2.24, 2.45) is 4.99 Å². The number of nitrogens with zero attached hydrogens (tertiary/aromatic N) is 2. The van der Waals surface area contributed by atoms with Crippen LogP contribution in [0.5, 0.6) is 0 Å². The summed E-state index contributed by atoms with van der Waals surface area (Å²) in [6.07, 6.45) is 0. The molecule has 0 aliphatic carbocycles. The number of guanidine groups is 1. The van der Waals surface area contributed by atoms with E-state index in [9.17, 15) is 0 Å². The first-order valence-electron chi connectivity index (χ1n) is 6.41. The second-order valence-corrected chi connectivity index (χ2v) is 7.07. The lowest BCUT2D eigenvalue weighted by Gasteiger charge is -2.23. The molecule has 1 aromatic heterocycles. The van der Waals surface area contributed by atoms with Crippen molar-refractivity contribution in [3.63, 3.8) is 0 Å². The zero-order valence-electron chi connectivity index (χ0n) is 12.5. The highest BCUT2D eigenvalue weighted by atomic mass is 127. The highest BCUT2D eigenvalue weighted by molar-refractivity contribution is 14.0. The van der Waals surface area contributed by atoms with Gasteiger partial charge < -0.3 is 10.6 Å². The van der Waals surface area contributed by atoms with Crippen LogP contribution in [0.15, 0.2) is 23.2 Å². The molecule has 1 heterocycles. The molecule has 0 amide bonds. The van der Waals surface area contributed by atoms with Crippen LogP contribution in [0.3, 0.4) is 0 Å². The first-order valence-corrected chi connectivity index (χ1v) is 7.60. The Labute approximate surface area is 151 Å².